The standard InChI is InChI=1S/C14H17FO/c1-3-4-11-9(2)5-6-10-7-14(16)13(15)8-12(10)11/h3,7-9,11,16H,1,4-6H2,2H3. The topological polar surface area (TPSA) is 20.2 Å². The summed E-state index contributed by atoms with van der Waals surface area (Å²) in [6, 6.07) is 3.07. The molecule has 0 amide bonds. The molecule has 86 valence electrons. The summed E-state index contributed by atoms with van der Waals surface area (Å²) < 4.78 is 13.4. The van der Waals surface area contributed by atoms with Crippen molar-refractivity contribution in [3.8, 4) is 5.75 Å². The Labute approximate surface area is 95.6 Å². The van der Waals surface area contributed by atoms with Gasteiger partial charge in [-0.15, -0.1) is 6.58 Å². The van der Waals surface area contributed by atoms with Gasteiger partial charge in [0.05, 0.1) is 0 Å². The SMILES string of the molecule is C=CCC1c2cc(F)c(O)cc2CCC1C. The summed E-state index contributed by atoms with van der Waals surface area (Å²) >= 11 is 0. The normalized spacial score (nSPS) is 23.9. The molecule has 0 heterocycles. The Hall–Kier alpha value is -1.31. The number of phenolic OH excluding ortho intramolecular Hbond substituents is 1. The summed E-state index contributed by atoms with van der Waals surface area (Å²) in [4.78, 5) is 0. The number of halogens is 1. The quantitative estimate of drug-likeness (QED) is 0.752. The average molecular weight is 220 g/mol. The molecule has 0 fully saturated rings. The number of phenols is 1. The predicted molar refractivity (Wildman–Crippen MR) is 63.1 cm³/mol. The maximum atomic E-state index is 13.4. The van der Waals surface area contributed by atoms with Gasteiger partial charge in [0.25, 0.3) is 0 Å². The number of hydrogen-bond donors (Lipinski definition) is 1. The lowest BCUT2D eigenvalue weighted by atomic mass is 9.74. The molecule has 2 rings (SSSR count). The average Bonchev–Trinajstić information content (AvgIpc) is 2.25. The van der Waals surface area contributed by atoms with E-state index in [9.17, 15) is 9.50 Å². The molecule has 16 heavy (non-hydrogen) atoms. The highest BCUT2D eigenvalue weighted by molar-refractivity contribution is 5.40. The Kier molecular flexibility index (Phi) is 2.99. The first-order chi connectivity index (χ1) is 7.63. The molecule has 0 aliphatic heterocycles. The van der Waals surface area contributed by atoms with Crippen LogP contribution in [0.25, 0.3) is 0 Å². The van der Waals surface area contributed by atoms with Crippen LogP contribution in [0.3, 0.4) is 0 Å². The molecular weight excluding hydrogens is 203 g/mol. The van der Waals surface area contributed by atoms with E-state index in [1.54, 1.807) is 6.07 Å². The molecule has 0 bridgehead atoms. The molecule has 1 nitrogen and oxygen atoms in total. The molecule has 1 aromatic carbocycles. The first kappa shape index (κ1) is 11.2. The molecule has 1 N–H and O–H groups in total. The van der Waals surface area contributed by atoms with E-state index in [1.807, 2.05) is 6.08 Å². The summed E-state index contributed by atoms with van der Waals surface area (Å²) in [7, 11) is 0. The third-order valence-electron chi connectivity index (χ3n) is 3.58. The molecule has 1 aliphatic rings. The Bertz CT molecular complexity index is 411. The van der Waals surface area contributed by atoms with Crippen molar-refractivity contribution in [1.29, 1.82) is 0 Å². The Balaban J connectivity index is 2.45. The summed E-state index contributed by atoms with van der Waals surface area (Å²) in [6.07, 6.45) is 4.79. The Morgan fingerprint density at radius 3 is 3.00 bits per heavy atom. The van der Waals surface area contributed by atoms with Gasteiger partial charge >= 0.3 is 0 Å². The Morgan fingerprint density at radius 2 is 2.31 bits per heavy atom. The molecule has 0 saturated heterocycles. The highest BCUT2D eigenvalue weighted by atomic mass is 19.1. The highest BCUT2D eigenvalue weighted by Crippen LogP contribution is 2.40. The molecular formula is C14H17FO. The van der Waals surface area contributed by atoms with Crippen molar-refractivity contribution in [3.05, 3.63) is 41.7 Å². The highest BCUT2D eigenvalue weighted by Gasteiger charge is 2.26. The van der Waals surface area contributed by atoms with Crippen molar-refractivity contribution < 1.29 is 9.50 Å². The summed E-state index contributed by atoms with van der Waals surface area (Å²) in [6.45, 7) is 5.96. The third kappa shape index (κ3) is 1.84. The maximum Gasteiger partial charge on any atom is 0.165 e. The van der Waals surface area contributed by atoms with Gasteiger partial charge in [0, 0.05) is 0 Å². The van der Waals surface area contributed by atoms with Crippen LogP contribution in [0.2, 0.25) is 0 Å². The van der Waals surface area contributed by atoms with Crippen LogP contribution >= 0.6 is 0 Å². The third-order valence-corrected chi connectivity index (χ3v) is 3.58. The molecule has 0 aromatic heterocycles. The summed E-state index contributed by atoms with van der Waals surface area (Å²) in [5, 5.41) is 9.36. The number of hydrogen-bond acceptors (Lipinski definition) is 1. The second-order valence-electron chi connectivity index (χ2n) is 4.65. The number of aromatic hydroxyl groups is 1. The number of rotatable bonds is 2. The van der Waals surface area contributed by atoms with Gasteiger partial charge in [-0.25, -0.2) is 4.39 Å². The van der Waals surface area contributed by atoms with Gasteiger partial charge in [-0.05, 0) is 54.4 Å². The van der Waals surface area contributed by atoms with Crippen molar-refractivity contribution in [3.63, 3.8) is 0 Å². The second kappa shape index (κ2) is 4.28. The van der Waals surface area contributed by atoms with Crippen molar-refractivity contribution >= 4 is 0 Å². The zero-order valence-electron chi connectivity index (χ0n) is 9.54. The van der Waals surface area contributed by atoms with Gasteiger partial charge in [0.1, 0.15) is 0 Å². The van der Waals surface area contributed by atoms with E-state index in [0.717, 1.165) is 30.4 Å². The van der Waals surface area contributed by atoms with Gasteiger partial charge in [0.15, 0.2) is 11.6 Å². The first-order valence-corrected chi connectivity index (χ1v) is 5.75. The van der Waals surface area contributed by atoms with Crippen molar-refractivity contribution in [2.45, 2.75) is 32.1 Å². The predicted octanol–water partition coefficient (Wildman–Crippen LogP) is 3.77. The van der Waals surface area contributed by atoms with Gasteiger partial charge in [0.2, 0.25) is 0 Å². The van der Waals surface area contributed by atoms with Crippen molar-refractivity contribution in [1.82, 2.24) is 0 Å². The lowest BCUT2D eigenvalue weighted by Gasteiger charge is -2.31. The van der Waals surface area contributed by atoms with Crippen LogP contribution in [0.15, 0.2) is 24.8 Å². The van der Waals surface area contributed by atoms with E-state index in [2.05, 4.69) is 13.5 Å². The van der Waals surface area contributed by atoms with E-state index in [1.165, 1.54) is 6.07 Å². The molecule has 2 heteroatoms. The van der Waals surface area contributed by atoms with Crippen LogP contribution < -0.4 is 0 Å². The first-order valence-electron chi connectivity index (χ1n) is 5.75. The molecule has 0 radical (unpaired) electrons. The molecule has 0 spiro atoms. The van der Waals surface area contributed by atoms with E-state index in [4.69, 9.17) is 0 Å². The minimum atomic E-state index is -0.512. The van der Waals surface area contributed by atoms with Crippen LogP contribution in [0.1, 0.15) is 36.8 Å². The zero-order valence-corrected chi connectivity index (χ0v) is 9.54. The summed E-state index contributed by atoms with van der Waals surface area (Å²) in [5.41, 5.74) is 2.14. The fraction of sp³-hybridized carbons (Fsp3) is 0.429. The van der Waals surface area contributed by atoms with Crippen molar-refractivity contribution in [2.75, 3.05) is 0 Å². The van der Waals surface area contributed by atoms with Crippen LogP contribution in [0.5, 0.6) is 5.75 Å². The number of benzene rings is 1. The second-order valence-corrected chi connectivity index (χ2v) is 4.65. The molecule has 1 aromatic rings. The van der Waals surface area contributed by atoms with Crippen LogP contribution in [-0.2, 0) is 6.42 Å². The van der Waals surface area contributed by atoms with Crippen molar-refractivity contribution in [2.24, 2.45) is 5.92 Å². The number of fused-ring (bicyclic) bond motifs is 1. The monoisotopic (exact) mass is 220 g/mol. The van der Waals surface area contributed by atoms with Crippen LogP contribution in [-0.4, -0.2) is 5.11 Å². The van der Waals surface area contributed by atoms with Gasteiger partial charge in [-0.2, -0.15) is 0 Å². The van der Waals surface area contributed by atoms with Crippen LogP contribution in [0, 0.1) is 11.7 Å². The van der Waals surface area contributed by atoms with Crippen LogP contribution in [0.4, 0.5) is 4.39 Å². The van der Waals surface area contributed by atoms with Gasteiger partial charge < -0.3 is 5.11 Å². The lowest BCUT2D eigenvalue weighted by molar-refractivity contribution is 0.392. The van der Waals surface area contributed by atoms with Gasteiger partial charge in [-0.3, -0.25) is 0 Å². The smallest absolute Gasteiger partial charge is 0.165 e. The van der Waals surface area contributed by atoms with E-state index in [-0.39, 0.29) is 5.75 Å². The molecule has 0 saturated carbocycles. The molecule has 2 atom stereocenters. The number of allylic oxidation sites excluding steroid dienone is 1. The van der Waals surface area contributed by atoms with Gasteiger partial charge in [-0.1, -0.05) is 13.0 Å². The van der Waals surface area contributed by atoms with E-state index >= 15 is 0 Å². The molecule has 2 unspecified atom stereocenters. The largest absolute Gasteiger partial charge is 0.505 e. The van der Waals surface area contributed by atoms with E-state index in [0.29, 0.717) is 11.8 Å². The lowest BCUT2D eigenvalue weighted by Crippen LogP contribution is -2.18. The summed E-state index contributed by atoms with van der Waals surface area (Å²) in [5.74, 6) is 0.151. The Morgan fingerprint density at radius 1 is 1.56 bits per heavy atom. The fourth-order valence-corrected chi connectivity index (χ4v) is 2.61. The number of aryl methyl sites for hydroxylation is 1. The van der Waals surface area contributed by atoms with E-state index < -0.39 is 5.82 Å². The maximum absolute atomic E-state index is 13.4. The fourth-order valence-electron chi connectivity index (χ4n) is 2.61. The minimum Gasteiger partial charge on any atom is -0.505 e. The molecule has 1 aliphatic carbocycles. The minimum absolute atomic E-state index is 0.231. The zero-order chi connectivity index (χ0) is 11.7.